The van der Waals surface area contributed by atoms with Crippen molar-refractivity contribution in [3.63, 3.8) is 0 Å². The molecule has 188 valence electrons. The van der Waals surface area contributed by atoms with Crippen molar-refractivity contribution >= 4 is 5.97 Å². The largest absolute Gasteiger partial charge is 0.466 e. The number of rotatable bonds is 17. The van der Waals surface area contributed by atoms with E-state index in [1.54, 1.807) is 7.11 Å². The summed E-state index contributed by atoms with van der Waals surface area (Å²) in [6, 6.07) is -0.210. The van der Waals surface area contributed by atoms with Gasteiger partial charge in [-0.3, -0.25) is 4.79 Å². The van der Waals surface area contributed by atoms with E-state index in [-0.39, 0.29) is 36.7 Å². The average molecular weight is 458 g/mol. The third kappa shape index (κ3) is 8.90. The van der Waals surface area contributed by atoms with Gasteiger partial charge in [-0.1, -0.05) is 64.7 Å². The first-order valence-corrected chi connectivity index (χ1v) is 12.8. The van der Waals surface area contributed by atoms with Gasteiger partial charge in [-0.25, -0.2) is 0 Å². The third-order valence-electron chi connectivity index (χ3n) is 6.32. The summed E-state index contributed by atoms with van der Waals surface area (Å²) < 4.78 is 29.0. The Morgan fingerprint density at radius 3 is 2.19 bits per heavy atom. The smallest absolute Gasteiger partial charge is 0.307 e. The molecule has 0 aromatic rings. The van der Waals surface area contributed by atoms with Crippen LogP contribution in [0.3, 0.4) is 0 Å². The molecule has 2 aliphatic heterocycles. The van der Waals surface area contributed by atoms with Gasteiger partial charge in [-0.2, -0.15) is 0 Å². The Kier molecular flexibility index (Phi) is 12.5. The lowest BCUT2D eigenvalue weighted by molar-refractivity contribution is -0.220. The molecule has 2 fully saturated rings. The van der Waals surface area contributed by atoms with Crippen molar-refractivity contribution in [2.45, 2.75) is 135 Å². The number of methoxy groups -OCH3 is 1. The molecular formula is C25H47NO6. The highest BCUT2D eigenvalue weighted by Gasteiger charge is 2.56. The fraction of sp³-hybridized carbons (Fsp3) is 0.960. The van der Waals surface area contributed by atoms with Crippen LogP contribution in [0.15, 0.2) is 0 Å². The first kappa shape index (κ1) is 27.5. The number of unbranched alkanes of at least 4 members (excludes halogenated alkanes) is 9. The van der Waals surface area contributed by atoms with E-state index in [9.17, 15) is 4.79 Å². The molecule has 32 heavy (non-hydrogen) atoms. The lowest BCUT2D eigenvalue weighted by Gasteiger charge is -2.30. The van der Waals surface area contributed by atoms with Crippen LogP contribution in [0, 0.1) is 0 Å². The molecule has 0 bridgehead atoms. The SMILES string of the molecule is CCCCCCCCCCCCNC(CC(=O)OCC)[C@H]1O[C@@H]2OC(C)(C)O[C@@H]2[C@H]1OC. The molecule has 1 unspecified atom stereocenters. The summed E-state index contributed by atoms with van der Waals surface area (Å²) in [4.78, 5) is 12.2. The Morgan fingerprint density at radius 2 is 1.59 bits per heavy atom. The number of esters is 1. The quantitative estimate of drug-likeness (QED) is 0.250. The second-order valence-electron chi connectivity index (χ2n) is 9.52. The minimum atomic E-state index is -0.697. The van der Waals surface area contributed by atoms with Crippen molar-refractivity contribution in [2.24, 2.45) is 0 Å². The Bertz CT molecular complexity index is 529. The highest BCUT2D eigenvalue weighted by Crippen LogP contribution is 2.39. The van der Waals surface area contributed by atoms with Crippen LogP contribution < -0.4 is 5.32 Å². The van der Waals surface area contributed by atoms with E-state index in [0.717, 1.165) is 13.0 Å². The van der Waals surface area contributed by atoms with Gasteiger partial charge in [-0.05, 0) is 33.7 Å². The van der Waals surface area contributed by atoms with Crippen molar-refractivity contribution in [3.8, 4) is 0 Å². The zero-order valence-corrected chi connectivity index (χ0v) is 21.0. The van der Waals surface area contributed by atoms with Gasteiger partial charge in [0.15, 0.2) is 12.1 Å². The summed E-state index contributed by atoms with van der Waals surface area (Å²) in [5.41, 5.74) is 0. The van der Waals surface area contributed by atoms with E-state index in [2.05, 4.69) is 12.2 Å². The molecular weight excluding hydrogens is 410 g/mol. The van der Waals surface area contributed by atoms with Gasteiger partial charge in [0, 0.05) is 13.2 Å². The van der Waals surface area contributed by atoms with Gasteiger partial charge in [0.1, 0.15) is 18.3 Å². The van der Waals surface area contributed by atoms with Crippen molar-refractivity contribution in [3.05, 3.63) is 0 Å². The zero-order valence-electron chi connectivity index (χ0n) is 21.0. The number of carbonyl (C=O) groups is 1. The van der Waals surface area contributed by atoms with Gasteiger partial charge >= 0.3 is 5.97 Å². The fourth-order valence-electron chi connectivity index (χ4n) is 4.70. The molecule has 2 rings (SSSR count). The summed E-state index contributed by atoms with van der Waals surface area (Å²) in [7, 11) is 1.65. The summed E-state index contributed by atoms with van der Waals surface area (Å²) >= 11 is 0. The summed E-state index contributed by atoms with van der Waals surface area (Å²) in [5.74, 6) is -0.928. The molecule has 0 aromatic heterocycles. The lowest BCUT2D eigenvalue weighted by atomic mass is 10.00. The molecule has 0 aliphatic carbocycles. The van der Waals surface area contributed by atoms with Gasteiger partial charge in [-0.15, -0.1) is 0 Å². The number of ether oxygens (including phenoxy) is 5. The van der Waals surface area contributed by atoms with E-state index in [1.807, 2.05) is 20.8 Å². The Morgan fingerprint density at radius 1 is 0.969 bits per heavy atom. The second kappa shape index (κ2) is 14.5. The molecule has 2 heterocycles. The average Bonchev–Trinajstić information content (AvgIpc) is 3.22. The van der Waals surface area contributed by atoms with E-state index in [1.165, 1.54) is 57.8 Å². The van der Waals surface area contributed by atoms with E-state index >= 15 is 0 Å². The number of carbonyl (C=O) groups excluding carboxylic acids is 1. The molecule has 1 N–H and O–H groups in total. The van der Waals surface area contributed by atoms with Crippen molar-refractivity contribution < 1.29 is 28.5 Å². The lowest BCUT2D eigenvalue weighted by Crippen LogP contribution is -2.49. The van der Waals surface area contributed by atoms with Crippen LogP contribution in [0.25, 0.3) is 0 Å². The van der Waals surface area contributed by atoms with E-state index < -0.39 is 12.1 Å². The van der Waals surface area contributed by atoms with Gasteiger partial charge < -0.3 is 29.0 Å². The van der Waals surface area contributed by atoms with Crippen LogP contribution >= 0.6 is 0 Å². The standard InChI is InChI=1S/C25H47NO6/c1-6-8-9-10-11-12-13-14-15-16-17-26-19(18-20(27)29-7-2)21-22(28-5)23-24(30-21)32-25(3,4)31-23/h19,21-24,26H,6-18H2,1-5H3/t19?,21-,22+,23-,24-/m1/s1. The van der Waals surface area contributed by atoms with Gasteiger partial charge in [0.25, 0.3) is 0 Å². The van der Waals surface area contributed by atoms with Crippen molar-refractivity contribution in [2.75, 3.05) is 20.3 Å². The summed E-state index contributed by atoms with van der Waals surface area (Å²) in [6.45, 7) is 9.02. The van der Waals surface area contributed by atoms with Crippen molar-refractivity contribution in [1.82, 2.24) is 5.32 Å². The molecule has 0 spiro atoms. The molecule has 2 saturated heterocycles. The van der Waals surface area contributed by atoms with Crippen LogP contribution in [0.5, 0.6) is 0 Å². The Labute approximate surface area is 195 Å². The second-order valence-corrected chi connectivity index (χ2v) is 9.52. The minimum Gasteiger partial charge on any atom is -0.466 e. The minimum absolute atomic E-state index is 0.210. The highest BCUT2D eigenvalue weighted by molar-refractivity contribution is 5.70. The molecule has 0 saturated carbocycles. The number of hydrogen-bond donors (Lipinski definition) is 1. The third-order valence-corrected chi connectivity index (χ3v) is 6.32. The maximum Gasteiger partial charge on any atom is 0.307 e. The zero-order chi connectivity index (χ0) is 23.4. The number of hydrogen-bond acceptors (Lipinski definition) is 7. The monoisotopic (exact) mass is 457 g/mol. The molecule has 0 radical (unpaired) electrons. The maximum absolute atomic E-state index is 12.2. The number of fused-ring (bicyclic) bond motifs is 1. The molecule has 7 heteroatoms. The normalized spacial score (nSPS) is 27.4. The summed E-state index contributed by atoms with van der Waals surface area (Å²) in [5, 5.41) is 3.53. The fourth-order valence-corrected chi connectivity index (χ4v) is 4.70. The van der Waals surface area contributed by atoms with E-state index in [0.29, 0.717) is 6.61 Å². The van der Waals surface area contributed by atoms with Crippen LogP contribution in [0.1, 0.15) is 98.3 Å². The Hall–Kier alpha value is -0.730. The highest BCUT2D eigenvalue weighted by atomic mass is 16.8. The molecule has 0 amide bonds. The van der Waals surface area contributed by atoms with Crippen LogP contribution in [-0.2, 0) is 28.5 Å². The maximum atomic E-state index is 12.2. The molecule has 2 aliphatic rings. The van der Waals surface area contributed by atoms with Gasteiger partial charge in [0.05, 0.1) is 13.0 Å². The topological polar surface area (TPSA) is 75.3 Å². The van der Waals surface area contributed by atoms with Crippen LogP contribution in [0.2, 0.25) is 0 Å². The van der Waals surface area contributed by atoms with E-state index in [4.69, 9.17) is 23.7 Å². The predicted octanol–water partition coefficient (Wildman–Crippen LogP) is 4.71. The molecule has 5 atom stereocenters. The van der Waals surface area contributed by atoms with Crippen LogP contribution in [0.4, 0.5) is 0 Å². The van der Waals surface area contributed by atoms with Crippen molar-refractivity contribution in [1.29, 1.82) is 0 Å². The van der Waals surface area contributed by atoms with Crippen LogP contribution in [-0.4, -0.2) is 62.7 Å². The molecule has 0 aromatic carbocycles. The molecule has 7 nitrogen and oxygen atoms in total. The number of nitrogens with one attached hydrogen (secondary N) is 1. The predicted molar refractivity (Wildman–Crippen MR) is 124 cm³/mol. The first-order valence-electron chi connectivity index (χ1n) is 12.8. The van der Waals surface area contributed by atoms with Gasteiger partial charge in [0.2, 0.25) is 0 Å². The summed E-state index contributed by atoms with van der Waals surface area (Å²) in [6.07, 6.45) is 11.8. The first-order chi connectivity index (χ1) is 15.4. The Balaban J connectivity index is 1.75.